The van der Waals surface area contributed by atoms with Gasteiger partial charge in [0.25, 0.3) is 0 Å². The first-order valence-corrected chi connectivity index (χ1v) is 7.26. The quantitative estimate of drug-likeness (QED) is 0.538. The van der Waals surface area contributed by atoms with Gasteiger partial charge in [0.1, 0.15) is 16.8 Å². The van der Waals surface area contributed by atoms with E-state index in [0.29, 0.717) is 32.2 Å². The molecule has 1 atom stereocenters. The Hall–Kier alpha value is -2.42. The number of hydrogen-bond donors (Lipinski definition) is 4. The van der Waals surface area contributed by atoms with Gasteiger partial charge < -0.3 is 27.0 Å². The molecule has 0 radical (unpaired) electrons. The minimum Gasteiger partial charge on any atom is -0.497 e. The highest BCUT2D eigenvalue weighted by molar-refractivity contribution is 7.19. The predicted octanol–water partition coefficient (Wildman–Crippen LogP) is 1.48. The lowest BCUT2D eigenvalue weighted by molar-refractivity contribution is 0.191. The molecule has 7 N–H and O–H groups in total. The second-order valence-corrected chi connectivity index (χ2v) is 5.70. The van der Waals surface area contributed by atoms with E-state index in [4.69, 9.17) is 21.9 Å². The van der Waals surface area contributed by atoms with E-state index < -0.39 is 6.23 Å². The summed E-state index contributed by atoms with van der Waals surface area (Å²) in [5.41, 5.74) is 19.2. The van der Waals surface area contributed by atoms with Crippen LogP contribution in [0.1, 0.15) is 11.1 Å². The summed E-state index contributed by atoms with van der Waals surface area (Å²) >= 11 is 1.20. The number of anilines is 2. The number of thiophene rings is 1. The first kappa shape index (κ1) is 14.5. The van der Waals surface area contributed by atoms with Gasteiger partial charge >= 0.3 is 0 Å². The van der Waals surface area contributed by atoms with Crippen LogP contribution in [0.25, 0.3) is 21.5 Å². The van der Waals surface area contributed by atoms with Gasteiger partial charge in [0.15, 0.2) is 0 Å². The SMILES string of the molecule is COc1cccc(-c2nc(N)nc3sc(C(N)O)c(N)c23)c1. The van der Waals surface area contributed by atoms with Crippen LogP contribution in [0, 0.1) is 0 Å². The average molecular weight is 317 g/mol. The van der Waals surface area contributed by atoms with E-state index in [-0.39, 0.29) is 5.95 Å². The molecule has 0 aliphatic carbocycles. The highest BCUT2D eigenvalue weighted by atomic mass is 32.1. The van der Waals surface area contributed by atoms with Gasteiger partial charge in [-0.1, -0.05) is 12.1 Å². The summed E-state index contributed by atoms with van der Waals surface area (Å²) in [6, 6.07) is 7.38. The molecule has 0 bridgehead atoms. The molecule has 3 rings (SSSR count). The van der Waals surface area contributed by atoms with E-state index in [1.54, 1.807) is 7.11 Å². The molecule has 0 saturated carbocycles. The highest BCUT2D eigenvalue weighted by Crippen LogP contribution is 2.40. The molecule has 0 fully saturated rings. The molecule has 2 heterocycles. The van der Waals surface area contributed by atoms with Crippen molar-refractivity contribution < 1.29 is 9.84 Å². The first-order chi connectivity index (χ1) is 10.5. The van der Waals surface area contributed by atoms with Crippen LogP contribution in [-0.4, -0.2) is 22.2 Å². The molecule has 3 aromatic rings. The summed E-state index contributed by atoms with van der Waals surface area (Å²) in [4.78, 5) is 9.50. The third-order valence-corrected chi connectivity index (χ3v) is 4.42. The molecule has 1 unspecified atom stereocenters. The third kappa shape index (κ3) is 2.33. The fourth-order valence-electron chi connectivity index (χ4n) is 2.25. The van der Waals surface area contributed by atoms with Crippen molar-refractivity contribution in [2.75, 3.05) is 18.6 Å². The Bertz CT molecular complexity index is 847. The molecule has 114 valence electrons. The predicted molar refractivity (Wildman–Crippen MR) is 87.4 cm³/mol. The van der Waals surface area contributed by atoms with E-state index in [2.05, 4.69) is 9.97 Å². The molecule has 0 spiro atoms. The maximum Gasteiger partial charge on any atom is 0.221 e. The summed E-state index contributed by atoms with van der Waals surface area (Å²) < 4.78 is 5.23. The zero-order valence-corrected chi connectivity index (χ0v) is 12.6. The van der Waals surface area contributed by atoms with Gasteiger partial charge in [-0.3, -0.25) is 0 Å². The lowest BCUT2D eigenvalue weighted by Gasteiger charge is -2.07. The van der Waals surface area contributed by atoms with E-state index in [0.717, 1.165) is 5.56 Å². The normalized spacial score (nSPS) is 12.5. The van der Waals surface area contributed by atoms with Gasteiger partial charge in [-0.25, -0.2) is 9.97 Å². The standard InChI is InChI=1S/C14H15N5O2S/c1-21-7-4-2-3-6(5-7)10-8-9(15)11(12(16)20)22-13(8)19-14(17)18-10/h2-5,12,20H,15-16H2,1H3,(H2,17,18,19). The zero-order valence-electron chi connectivity index (χ0n) is 11.8. The number of nitrogen functional groups attached to an aromatic ring is 2. The molecule has 8 heteroatoms. The van der Waals surface area contributed by atoms with E-state index in [1.165, 1.54) is 11.3 Å². The number of ether oxygens (including phenoxy) is 1. The molecule has 0 aliphatic rings. The summed E-state index contributed by atoms with van der Waals surface area (Å²) in [6.07, 6.45) is -1.17. The van der Waals surface area contributed by atoms with Crippen molar-refractivity contribution >= 4 is 33.2 Å². The van der Waals surface area contributed by atoms with Gasteiger partial charge in [0.05, 0.1) is 28.8 Å². The van der Waals surface area contributed by atoms with Gasteiger partial charge in [-0.15, -0.1) is 11.3 Å². The van der Waals surface area contributed by atoms with Crippen molar-refractivity contribution in [3.8, 4) is 17.0 Å². The van der Waals surface area contributed by atoms with Crippen molar-refractivity contribution in [2.45, 2.75) is 6.23 Å². The Morgan fingerprint density at radius 1 is 1.27 bits per heavy atom. The summed E-state index contributed by atoms with van der Waals surface area (Å²) in [6.45, 7) is 0. The Labute approximate surface area is 130 Å². The van der Waals surface area contributed by atoms with Crippen LogP contribution < -0.4 is 21.9 Å². The fourth-order valence-corrected chi connectivity index (χ4v) is 3.24. The van der Waals surface area contributed by atoms with Crippen LogP contribution in [0.4, 0.5) is 11.6 Å². The van der Waals surface area contributed by atoms with Crippen LogP contribution in [0.15, 0.2) is 24.3 Å². The fraction of sp³-hybridized carbons (Fsp3) is 0.143. The van der Waals surface area contributed by atoms with Crippen LogP contribution in [-0.2, 0) is 0 Å². The number of hydrogen-bond acceptors (Lipinski definition) is 8. The lowest BCUT2D eigenvalue weighted by Crippen LogP contribution is -2.08. The van der Waals surface area contributed by atoms with Crippen molar-refractivity contribution in [1.29, 1.82) is 0 Å². The monoisotopic (exact) mass is 317 g/mol. The van der Waals surface area contributed by atoms with Crippen LogP contribution in [0.5, 0.6) is 5.75 Å². The maximum atomic E-state index is 9.63. The number of rotatable bonds is 3. The molecule has 0 amide bonds. The van der Waals surface area contributed by atoms with Crippen molar-refractivity contribution in [3.05, 3.63) is 29.1 Å². The third-order valence-electron chi connectivity index (χ3n) is 3.25. The number of aromatic nitrogens is 2. The smallest absolute Gasteiger partial charge is 0.221 e. The molecule has 7 nitrogen and oxygen atoms in total. The van der Waals surface area contributed by atoms with Gasteiger partial charge in [0.2, 0.25) is 5.95 Å². The zero-order chi connectivity index (χ0) is 15.9. The molecular weight excluding hydrogens is 302 g/mol. The highest BCUT2D eigenvalue weighted by Gasteiger charge is 2.20. The second kappa shape index (κ2) is 5.41. The number of methoxy groups -OCH3 is 1. The van der Waals surface area contributed by atoms with Gasteiger partial charge in [-0.05, 0) is 12.1 Å². The maximum absolute atomic E-state index is 9.63. The van der Waals surface area contributed by atoms with E-state index >= 15 is 0 Å². The number of nitrogens with zero attached hydrogens (tertiary/aromatic N) is 2. The Morgan fingerprint density at radius 2 is 2.05 bits per heavy atom. The number of fused-ring (bicyclic) bond motifs is 1. The molecular formula is C14H15N5O2S. The number of aliphatic hydroxyl groups is 1. The lowest BCUT2D eigenvalue weighted by atomic mass is 10.1. The first-order valence-electron chi connectivity index (χ1n) is 6.44. The Kier molecular flexibility index (Phi) is 3.57. The van der Waals surface area contributed by atoms with Crippen LogP contribution >= 0.6 is 11.3 Å². The van der Waals surface area contributed by atoms with Gasteiger partial charge in [-0.2, -0.15) is 0 Å². The average Bonchev–Trinajstić information content (AvgIpc) is 2.83. The van der Waals surface area contributed by atoms with Crippen LogP contribution in [0.3, 0.4) is 0 Å². The van der Waals surface area contributed by atoms with Crippen molar-refractivity contribution in [2.24, 2.45) is 5.73 Å². The topological polar surface area (TPSA) is 133 Å². The van der Waals surface area contributed by atoms with Crippen molar-refractivity contribution in [3.63, 3.8) is 0 Å². The molecule has 0 saturated heterocycles. The minimum atomic E-state index is -1.17. The Balaban J connectivity index is 2.32. The number of aliphatic hydroxyl groups excluding tert-OH is 1. The largest absolute Gasteiger partial charge is 0.497 e. The van der Waals surface area contributed by atoms with E-state index in [9.17, 15) is 5.11 Å². The van der Waals surface area contributed by atoms with Crippen LogP contribution in [0.2, 0.25) is 0 Å². The minimum absolute atomic E-state index is 0.129. The summed E-state index contributed by atoms with van der Waals surface area (Å²) in [5.74, 6) is 0.820. The van der Waals surface area contributed by atoms with Crippen molar-refractivity contribution in [1.82, 2.24) is 9.97 Å². The molecule has 2 aromatic heterocycles. The molecule has 1 aromatic carbocycles. The number of benzene rings is 1. The second-order valence-electron chi connectivity index (χ2n) is 4.67. The number of nitrogens with two attached hydrogens (primary N) is 3. The van der Waals surface area contributed by atoms with Gasteiger partial charge in [0, 0.05) is 5.56 Å². The van der Waals surface area contributed by atoms with E-state index in [1.807, 2.05) is 24.3 Å². The summed E-state index contributed by atoms with van der Waals surface area (Å²) in [7, 11) is 1.59. The summed E-state index contributed by atoms with van der Waals surface area (Å²) in [5, 5.41) is 10.3. The Morgan fingerprint density at radius 3 is 2.73 bits per heavy atom. The molecule has 0 aliphatic heterocycles. The molecule has 22 heavy (non-hydrogen) atoms.